The Morgan fingerprint density at radius 2 is 1.61 bits per heavy atom. The van der Waals surface area contributed by atoms with Gasteiger partial charge in [0.1, 0.15) is 5.75 Å². The van der Waals surface area contributed by atoms with E-state index in [-0.39, 0.29) is 0 Å². The van der Waals surface area contributed by atoms with E-state index >= 15 is 0 Å². The molecule has 2 aliphatic carbocycles. The smallest absolute Gasteiger partial charge is 0.115 e. The van der Waals surface area contributed by atoms with Crippen LogP contribution in [0.25, 0.3) is 0 Å². The lowest BCUT2D eigenvalue weighted by molar-refractivity contribution is 0.469. The average Bonchev–Trinajstić information content (AvgIpc) is 3.66. The van der Waals surface area contributed by atoms with Crippen molar-refractivity contribution in [1.29, 1.82) is 0 Å². The van der Waals surface area contributed by atoms with Gasteiger partial charge in [-0.15, -0.1) is 0 Å². The van der Waals surface area contributed by atoms with Gasteiger partial charge in [-0.05, 0) is 108 Å². The largest absolute Gasteiger partial charge is 0.508 e. The fourth-order valence-corrected chi connectivity index (χ4v) is 5.46. The third-order valence-corrected chi connectivity index (χ3v) is 7.68. The van der Waals surface area contributed by atoms with Crippen LogP contribution in [0.5, 0.6) is 5.75 Å². The number of nitrogens with one attached hydrogen (secondary N) is 1. The minimum absolute atomic E-state index is 0.321. The van der Waals surface area contributed by atoms with Gasteiger partial charge in [0.2, 0.25) is 0 Å². The van der Waals surface area contributed by atoms with E-state index < -0.39 is 0 Å². The molecule has 3 aromatic carbocycles. The van der Waals surface area contributed by atoms with Gasteiger partial charge in [0, 0.05) is 5.92 Å². The monoisotopic (exact) mass is 439 g/mol. The van der Waals surface area contributed by atoms with Gasteiger partial charge >= 0.3 is 0 Å². The molecule has 2 nitrogen and oxygen atoms in total. The molecule has 1 fully saturated rings. The lowest BCUT2D eigenvalue weighted by Crippen LogP contribution is -2.21. The maximum absolute atomic E-state index is 10.1. The molecular formula is C31H37NO. The van der Waals surface area contributed by atoms with Crippen LogP contribution in [0.15, 0.2) is 66.7 Å². The number of hydrogen-bond acceptors (Lipinski definition) is 2. The Balaban J connectivity index is 1.40. The van der Waals surface area contributed by atoms with E-state index in [0.717, 1.165) is 31.7 Å². The van der Waals surface area contributed by atoms with Crippen molar-refractivity contribution in [3.8, 4) is 5.75 Å². The van der Waals surface area contributed by atoms with Crippen LogP contribution in [0.1, 0.15) is 84.2 Å². The van der Waals surface area contributed by atoms with Crippen molar-refractivity contribution in [2.24, 2.45) is 5.92 Å². The van der Waals surface area contributed by atoms with Gasteiger partial charge in [-0.25, -0.2) is 0 Å². The molecule has 172 valence electrons. The van der Waals surface area contributed by atoms with Gasteiger partial charge in [-0.2, -0.15) is 0 Å². The lowest BCUT2D eigenvalue weighted by Gasteiger charge is -2.35. The van der Waals surface area contributed by atoms with Crippen molar-refractivity contribution >= 4 is 0 Å². The Morgan fingerprint density at radius 1 is 0.879 bits per heavy atom. The third kappa shape index (κ3) is 5.17. The van der Waals surface area contributed by atoms with Gasteiger partial charge in [0.15, 0.2) is 0 Å². The van der Waals surface area contributed by atoms with Gasteiger partial charge in [0.05, 0.1) is 0 Å². The van der Waals surface area contributed by atoms with Crippen molar-refractivity contribution < 1.29 is 5.11 Å². The molecule has 0 aliphatic heterocycles. The molecule has 3 aromatic rings. The zero-order chi connectivity index (χ0) is 22.8. The minimum Gasteiger partial charge on any atom is -0.508 e. The van der Waals surface area contributed by atoms with E-state index in [0.29, 0.717) is 23.5 Å². The fraction of sp³-hybridized carbons (Fsp3) is 0.419. The van der Waals surface area contributed by atoms with Crippen LogP contribution in [-0.2, 0) is 12.8 Å². The molecule has 0 aromatic heterocycles. The number of aryl methyl sites for hydroxylation is 1. The number of benzene rings is 3. The summed E-state index contributed by atoms with van der Waals surface area (Å²) in [6.45, 7) is 6.75. The first kappa shape index (κ1) is 22.2. The standard InChI is InChI=1S/C31H37NO/c1-21(2)24-9-11-25(12-10-24)29-15-13-27-19-28(33)14-16-30(27)31(29)26-7-5-22(6-8-26)17-18-32-20-23-3-4-23/h5-12,14,16,19,21,23,29,31-33H,3-4,13,15,17-18,20H2,1-2H3/t29-,31+/m1/s1. The molecule has 5 rings (SSSR count). The SMILES string of the molecule is CC(C)c1ccc([C@H]2CCc3cc(O)ccc3[C@H]2c2ccc(CCNCC3CC3)cc2)cc1. The summed E-state index contributed by atoms with van der Waals surface area (Å²) >= 11 is 0. The van der Waals surface area contributed by atoms with E-state index in [9.17, 15) is 5.11 Å². The summed E-state index contributed by atoms with van der Waals surface area (Å²) in [5.74, 6) is 2.64. The second-order valence-electron chi connectivity index (χ2n) is 10.5. The molecule has 0 heterocycles. The number of phenols is 1. The van der Waals surface area contributed by atoms with Crippen molar-refractivity contribution in [1.82, 2.24) is 5.32 Å². The van der Waals surface area contributed by atoms with E-state index in [1.165, 1.54) is 52.8 Å². The van der Waals surface area contributed by atoms with E-state index in [1.807, 2.05) is 12.1 Å². The summed E-state index contributed by atoms with van der Waals surface area (Å²) in [7, 11) is 0. The van der Waals surface area contributed by atoms with Crippen LogP contribution >= 0.6 is 0 Å². The second-order valence-corrected chi connectivity index (χ2v) is 10.5. The molecule has 0 bridgehead atoms. The lowest BCUT2D eigenvalue weighted by atomic mass is 9.69. The van der Waals surface area contributed by atoms with Gasteiger partial charge in [0.25, 0.3) is 0 Å². The molecule has 2 atom stereocenters. The number of phenolic OH excluding ortho intramolecular Hbond substituents is 1. The zero-order valence-electron chi connectivity index (χ0n) is 20.1. The molecule has 33 heavy (non-hydrogen) atoms. The maximum atomic E-state index is 10.1. The minimum atomic E-state index is 0.321. The van der Waals surface area contributed by atoms with E-state index in [4.69, 9.17) is 0 Å². The molecule has 1 saturated carbocycles. The van der Waals surface area contributed by atoms with Crippen LogP contribution in [0.3, 0.4) is 0 Å². The number of rotatable bonds is 8. The van der Waals surface area contributed by atoms with Crippen molar-refractivity contribution in [2.45, 2.75) is 63.7 Å². The Kier molecular flexibility index (Phi) is 6.55. The highest BCUT2D eigenvalue weighted by Gasteiger charge is 2.32. The Morgan fingerprint density at radius 3 is 2.30 bits per heavy atom. The summed E-state index contributed by atoms with van der Waals surface area (Å²) in [5, 5.41) is 13.7. The highest BCUT2D eigenvalue weighted by molar-refractivity contribution is 5.48. The molecule has 2 heteroatoms. The van der Waals surface area contributed by atoms with Crippen molar-refractivity contribution in [2.75, 3.05) is 13.1 Å². The van der Waals surface area contributed by atoms with Gasteiger partial charge < -0.3 is 10.4 Å². The predicted molar refractivity (Wildman–Crippen MR) is 137 cm³/mol. The highest BCUT2D eigenvalue weighted by atomic mass is 16.3. The molecule has 2 N–H and O–H groups in total. The van der Waals surface area contributed by atoms with Crippen molar-refractivity contribution in [3.05, 3.63) is 100 Å². The van der Waals surface area contributed by atoms with Gasteiger partial charge in [-0.3, -0.25) is 0 Å². The number of fused-ring (bicyclic) bond motifs is 1. The normalized spacial score (nSPS) is 20.1. The summed E-state index contributed by atoms with van der Waals surface area (Å²) in [5.41, 5.74) is 8.28. The second kappa shape index (κ2) is 9.73. The Labute approximate surface area is 199 Å². The fourth-order valence-electron chi connectivity index (χ4n) is 5.46. The molecular weight excluding hydrogens is 402 g/mol. The number of hydrogen-bond donors (Lipinski definition) is 2. The molecule has 0 spiro atoms. The maximum Gasteiger partial charge on any atom is 0.115 e. The quantitative estimate of drug-likeness (QED) is 0.373. The van der Waals surface area contributed by atoms with Crippen LogP contribution in [0.2, 0.25) is 0 Å². The topological polar surface area (TPSA) is 32.3 Å². The van der Waals surface area contributed by atoms with Crippen molar-refractivity contribution in [3.63, 3.8) is 0 Å². The first-order valence-electron chi connectivity index (χ1n) is 12.8. The number of aromatic hydroxyl groups is 1. The van der Waals surface area contributed by atoms with Gasteiger partial charge in [-0.1, -0.05) is 68.4 Å². The molecule has 0 radical (unpaired) electrons. The molecule has 2 aliphatic rings. The van der Waals surface area contributed by atoms with Crippen LogP contribution in [0, 0.1) is 5.92 Å². The van der Waals surface area contributed by atoms with E-state index in [2.05, 4.69) is 73.8 Å². The summed E-state index contributed by atoms with van der Waals surface area (Å²) in [6, 6.07) is 24.6. The summed E-state index contributed by atoms with van der Waals surface area (Å²) in [4.78, 5) is 0. The first-order chi connectivity index (χ1) is 16.1. The summed E-state index contributed by atoms with van der Waals surface area (Å²) < 4.78 is 0. The first-order valence-corrected chi connectivity index (χ1v) is 12.8. The molecule has 0 saturated heterocycles. The molecule has 0 amide bonds. The summed E-state index contributed by atoms with van der Waals surface area (Å²) in [6.07, 6.45) is 6.02. The predicted octanol–water partition coefficient (Wildman–Crippen LogP) is 6.92. The average molecular weight is 440 g/mol. The highest BCUT2D eigenvalue weighted by Crippen LogP contribution is 2.47. The Hall–Kier alpha value is -2.58. The van der Waals surface area contributed by atoms with Crippen LogP contribution in [0.4, 0.5) is 0 Å². The van der Waals surface area contributed by atoms with E-state index in [1.54, 1.807) is 0 Å². The van der Waals surface area contributed by atoms with Crippen LogP contribution in [-0.4, -0.2) is 18.2 Å². The Bertz CT molecular complexity index is 1060. The van der Waals surface area contributed by atoms with Crippen LogP contribution < -0.4 is 5.32 Å². The third-order valence-electron chi connectivity index (χ3n) is 7.68. The molecule has 0 unspecified atom stereocenters. The zero-order valence-corrected chi connectivity index (χ0v) is 20.1.